The van der Waals surface area contributed by atoms with Gasteiger partial charge < -0.3 is 47.7 Å². The van der Waals surface area contributed by atoms with Crippen molar-refractivity contribution in [1.82, 2.24) is 29.2 Å². The number of benzene rings is 2. The normalized spacial score (nSPS) is 30.7. The fraction of sp³-hybridized carbons (Fsp3) is 0.634. The molecule has 2 aromatic heterocycles. The third-order valence-corrected chi connectivity index (χ3v) is 27.0. The number of ketones is 2. The van der Waals surface area contributed by atoms with Gasteiger partial charge in [-0.3, -0.25) is 47.8 Å². The molecule has 10 aliphatic rings. The third kappa shape index (κ3) is 18.1. The van der Waals surface area contributed by atoms with Crippen LogP contribution < -0.4 is 37.9 Å². The molecule has 4 aliphatic carbocycles. The van der Waals surface area contributed by atoms with Crippen molar-refractivity contribution in [2.45, 2.75) is 231 Å². The van der Waals surface area contributed by atoms with Crippen molar-refractivity contribution in [3.63, 3.8) is 0 Å². The van der Waals surface area contributed by atoms with Gasteiger partial charge >= 0.3 is 11.9 Å². The number of hydrogen-bond acceptors (Lipinski definition) is 22. The molecule has 110 heavy (non-hydrogen) atoms. The van der Waals surface area contributed by atoms with Gasteiger partial charge in [-0.2, -0.15) is 0 Å². The monoisotopic (exact) mass is 1560 g/mol. The summed E-state index contributed by atoms with van der Waals surface area (Å²) in [5.74, 6) is -2.92. The van der Waals surface area contributed by atoms with Crippen molar-refractivity contribution in [1.29, 1.82) is 0 Å². The minimum absolute atomic E-state index is 0.0452. The van der Waals surface area contributed by atoms with Gasteiger partial charge in [0.2, 0.25) is 55.4 Å². The molecule has 14 atom stereocenters. The average molecular weight is 1560 g/mol. The summed E-state index contributed by atoms with van der Waals surface area (Å²) in [5, 5.41) is 1.67. The molecule has 4 amide bonds. The van der Waals surface area contributed by atoms with Crippen LogP contribution in [-0.4, -0.2) is 169 Å². The van der Waals surface area contributed by atoms with Crippen LogP contribution in [0.1, 0.15) is 185 Å². The van der Waals surface area contributed by atoms with E-state index < -0.39 is 112 Å². The summed E-state index contributed by atoms with van der Waals surface area (Å²) >= 11 is 0. The maximum absolute atomic E-state index is 14.9. The smallest absolute Gasteiger partial charge is 0.307 e. The van der Waals surface area contributed by atoms with E-state index in [9.17, 15) is 55.2 Å². The van der Waals surface area contributed by atoms with Crippen LogP contribution in [0.2, 0.25) is 0 Å². The summed E-state index contributed by atoms with van der Waals surface area (Å²) in [5.41, 5.74) is -4.01. The highest BCUT2D eigenvalue weighted by Crippen LogP contribution is 2.59. The Bertz CT molecular complexity index is 4260. The van der Waals surface area contributed by atoms with Gasteiger partial charge in [0.25, 0.3) is 0 Å². The average Bonchev–Trinajstić information content (AvgIpc) is 1.57. The van der Waals surface area contributed by atoms with Crippen molar-refractivity contribution in [2.24, 2.45) is 58.2 Å². The van der Waals surface area contributed by atoms with Crippen molar-refractivity contribution < 1.29 is 93.1 Å². The van der Waals surface area contributed by atoms with Crippen LogP contribution in [0.3, 0.4) is 0 Å². The molecule has 8 heterocycles. The molecule has 6 fully saturated rings. The molecular formula is C82H106N6O20S2. The van der Waals surface area contributed by atoms with Crippen molar-refractivity contribution >= 4 is 88.7 Å². The number of sulfonamides is 2. The Kier molecular flexibility index (Phi) is 22.9. The fourth-order valence-electron chi connectivity index (χ4n) is 17.1. The maximum Gasteiger partial charge on any atom is 0.307 e. The second-order valence-corrected chi connectivity index (χ2v) is 38.5. The zero-order valence-corrected chi connectivity index (χ0v) is 66.4. The summed E-state index contributed by atoms with van der Waals surface area (Å²) in [6.07, 6.45) is 16.3. The van der Waals surface area contributed by atoms with Crippen molar-refractivity contribution in [3.8, 4) is 34.8 Å². The molecule has 14 rings (SSSR count). The first-order valence-electron chi connectivity index (χ1n) is 39.3. The van der Waals surface area contributed by atoms with E-state index >= 15 is 0 Å². The molecule has 4 aromatic rings. The first-order valence-corrected chi connectivity index (χ1v) is 42.4. The first kappa shape index (κ1) is 79.7. The number of nitrogens with zero attached hydrogens (tertiary/aromatic N) is 4. The van der Waals surface area contributed by atoms with Gasteiger partial charge in [0, 0.05) is 59.6 Å². The molecule has 2 aromatic carbocycles. The fourth-order valence-corrected chi connectivity index (χ4v) is 19.8. The second-order valence-electron chi connectivity index (χ2n) is 34.6. The number of pyridine rings is 2. The van der Waals surface area contributed by atoms with Gasteiger partial charge in [0.15, 0.2) is 34.6 Å². The van der Waals surface area contributed by atoms with Crippen LogP contribution >= 0.6 is 0 Å². The minimum atomic E-state index is -3.86. The number of amides is 4. The number of ether oxygens (including phenoxy) is 8. The molecule has 0 bridgehead atoms. The number of carbonyl (C=O) groups is 8. The van der Waals surface area contributed by atoms with Gasteiger partial charge in [0.1, 0.15) is 49.8 Å². The zero-order valence-electron chi connectivity index (χ0n) is 64.8. The lowest BCUT2D eigenvalue weighted by atomic mass is 9.82. The maximum atomic E-state index is 14.9. The van der Waals surface area contributed by atoms with E-state index in [1.807, 2.05) is 62.4 Å². The van der Waals surface area contributed by atoms with E-state index in [-0.39, 0.29) is 111 Å². The molecule has 596 valence electrons. The number of allylic oxidation sites excluding steroid dienone is 4. The van der Waals surface area contributed by atoms with E-state index in [1.165, 1.54) is 9.80 Å². The number of nitrogens with one attached hydrogen (secondary N) is 2. The number of hydrogen-bond donors (Lipinski definition) is 2. The molecular weight excluding hydrogens is 1450 g/mol. The number of aromatic nitrogens is 2. The van der Waals surface area contributed by atoms with Crippen molar-refractivity contribution in [3.05, 3.63) is 73.1 Å². The Hall–Kier alpha value is -8.40. The highest BCUT2D eigenvalue weighted by atomic mass is 32.2. The molecule has 0 unspecified atom stereocenters. The van der Waals surface area contributed by atoms with E-state index in [0.717, 1.165) is 36.5 Å². The summed E-state index contributed by atoms with van der Waals surface area (Å²) in [4.78, 5) is 125. The lowest BCUT2D eigenvalue weighted by Crippen LogP contribution is -2.47. The number of rotatable bonds is 14. The van der Waals surface area contributed by atoms with Crippen LogP contribution in [0.25, 0.3) is 21.5 Å². The van der Waals surface area contributed by atoms with Crippen LogP contribution in [0.15, 0.2) is 73.1 Å². The summed E-state index contributed by atoms with van der Waals surface area (Å²) in [6.45, 7) is 20.6. The number of Topliss-reactive ketones (excluding diaryl/α,β-unsaturated/α-hetero) is 2. The van der Waals surface area contributed by atoms with Crippen LogP contribution in [0.4, 0.5) is 0 Å². The lowest BCUT2D eigenvalue weighted by molar-refractivity contribution is -0.160. The van der Waals surface area contributed by atoms with Gasteiger partial charge in [-0.05, 0) is 190 Å². The van der Waals surface area contributed by atoms with E-state index in [2.05, 4.69) is 33.3 Å². The number of esters is 2. The predicted octanol–water partition coefficient (Wildman–Crippen LogP) is 10.6. The first-order chi connectivity index (χ1) is 52.1. The Morgan fingerprint density at radius 1 is 0.518 bits per heavy atom. The largest absolute Gasteiger partial charge is 0.486 e. The molecule has 0 spiro atoms. The summed E-state index contributed by atoms with van der Waals surface area (Å²) in [7, 11) is -7.71. The molecule has 0 radical (unpaired) electrons. The third-order valence-electron chi connectivity index (χ3n) is 23.3. The highest BCUT2D eigenvalue weighted by Gasteiger charge is 2.64. The molecule has 2 N–H and O–H groups in total. The Labute approximate surface area is 644 Å². The van der Waals surface area contributed by atoms with Crippen LogP contribution in [0.5, 0.6) is 34.8 Å². The molecule has 2 saturated heterocycles. The van der Waals surface area contributed by atoms with Crippen LogP contribution in [0, 0.1) is 58.2 Å². The van der Waals surface area contributed by atoms with Gasteiger partial charge in [0.05, 0.1) is 71.2 Å². The predicted molar refractivity (Wildman–Crippen MR) is 406 cm³/mol. The standard InChI is InChI=1S/2C41H53N3O10S/c2*1-24-8-6-7-9-26-21-41(26,39(48)43-55(49,50)28-10-11-28)22-33(45)32-19-27(23-44(32)38(47)31(25(2)18-24)20-35(46)54-40(3,4)5)53-37-30-12-13-34-36(52-17-16-51-34)29(30)14-15-42-37/h2*7,9,12-15,24-28,31-32H,6,8,10-11,16-23H2,1-5H3,(H,43,48)/b2*9-7-/t24-,25+,26+,27+,31-,32-,41+;24-,25-,26-,27-,31+,32+,41-/m01/s1. The summed E-state index contributed by atoms with van der Waals surface area (Å²) < 4.78 is 104. The minimum Gasteiger partial charge on any atom is -0.486 e. The Morgan fingerprint density at radius 3 is 1.27 bits per heavy atom. The quantitative estimate of drug-likeness (QED) is 0.0875. The highest BCUT2D eigenvalue weighted by molar-refractivity contribution is 7.91. The van der Waals surface area contributed by atoms with Gasteiger partial charge in [-0.25, -0.2) is 26.8 Å². The van der Waals surface area contributed by atoms with Gasteiger partial charge in [-0.1, -0.05) is 52.0 Å². The van der Waals surface area contributed by atoms with E-state index in [1.54, 1.807) is 66.1 Å². The number of fused-ring (bicyclic) bond motifs is 10. The molecule has 28 heteroatoms. The molecule has 4 saturated carbocycles. The van der Waals surface area contributed by atoms with E-state index in [0.29, 0.717) is 123 Å². The van der Waals surface area contributed by atoms with Gasteiger partial charge in [-0.15, -0.1) is 0 Å². The SMILES string of the molecule is C[C@@H]1CC/C=C\[C@@H]2C[C@@]2(C(=O)NS(=O)(=O)C2CC2)CC(=O)[C@@H]2C[C@@H](Oc3nccc4c5c(ccc34)OCCO5)CN2C(=O)[C@@H](CC(=O)OC(C)(C)C)[C@H](C)C1.C[C@H]1CC/C=C\[C@@H]2C[C@@]2(C(=O)NS(=O)(=O)C2CC2)CC(=O)[C@@H]2C[C@@H](Oc3nccc4c5c(ccc34)OCCO5)CN2C(=O)[C@@H](CC(=O)OC(C)(C)C)[C@H](C)C1. The Morgan fingerprint density at radius 2 is 0.900 bits per heavy atom. The summed E-state index contributed by atoms with van der Waals surface area (Å²) in [6, 6.07) is 8.96. The topological polar surface area (TPSA) is 335 Å². The van der Waals surface area contributed by atoms with E-state index in [4.69, 9.17) is 37.9 Å². The Balaban J connectivity index is 0.000000193. The zero-order chi connectivity index (χ0) is 78.6. The lowest BCUT2D eigenvalue weighted by Gasteiger charge is -2.32. The number of carbonyl (C=O) groups excluding carboxylic acids is 8. The molecule has 26 nitrogen and oxygen atoms in total. The van der Waals surface area contributed by atoms with Crippen molar-refractivity contribution in [2.75, 3.05) is 39.5 Å². The van der Waals surface area contributed by atoms with Crippen LogP contribution in [-0.2, 0) is 67.9 Å². The second kappa shape index (κ2) is 31.6. The molecule has 6 aliphatic heterocycles.